The molecule has 0 saturated heterocycles. The molecule has 0 spiro atoms. The van der Waals surface area contributed by atoms with E-state index in [1.165, 1.54) is 0 Å². The Morgan fingerprint density at radius 2 is 1.83 bits per heavy atom. The molecule has 2 aromatic rings. The maximum Gasteiger partial charge on any atom is 0.375 e. The highest BCUT2D eigenvalue weighted by molar-refractivity contribution is 5.83. The van der Waals surface area contributed by atoms with E-state index in [0.717, 1.165) is 5.69 Å². The van der Waals surface area contributed by atoms with Crippen molar-refractivity contribution in [3.05, 3.63) is 42.0 Å². The van der Waals surface area contributed by atoms with Crippen LogP contribution in [0.3, 0.4) is 0 Å². The molecule has 0 bridgehead atoms. The largest absolute Gasteiger partial charge is 0.475 e. The molecule has 0 fully saturated rings. The lowest BCUT2D eigenvalue weighted by molar-refractivity contribution is 0.0683. The van der Waals surface area contributed by atoms with Gasteiger partial charge in [0.2, 0.25) is 0 Å². The molecule has 1 aromatic heterocycles. The third-order valence-electron chi connectivity index (χ3n) is 2.47. The van der Waals surface area contributed by atoms with Gasteiger partial charge >= 0.3 is 5.97 Å². The van der Waals surface area contributed by atoms with Crippen molar-refractivity contribution in [2.45, 2.75) is 26.2 Å². The highest BCUT2D eigenvalue weighted by Crippen LogP contribution is 2.23. The van der Waals surface area contributed by atoms with Gasteiger partial charge in [-0.1, -0.05) is 39.0 Å². The highest BCUT2D eigenvalue weighted by Gasteiger charge is 2.25. The zero-order valence-electron chi connectivity index (χ0n) is 10.6. The topological polar surface area (TPSA) is 68.0 Å². The number of carbonyl (C=O) groups is 1. The molecule has 0 unspecified atom stereocenters. The first-order chi connectivity index (χ1) is 8.39. The number of hydrogen-bond acceptors (Lipinski definition) is 3. The second-order valence-electron chi connectivity index (χ2n) is 5.06. The van der Waals surface area contributed by atoms with E-state index in [0.29, 0.717) is 5.82 Å². The van der Waals surface area contributed by atoms with Crippen LogP contribution in [0.5, 0.6) is 0 Å². The fourth-order valence-corrected chi connectivity index (χ4v) is 1.64. The van der Waals surface area contributed by atoms with Gasteiger partial charge < -0.3 is 5.11 Å². The van der Waals surface area contributed by atoms with E-state index in [4.69, 9.17) is 5.11 Å². The maximum atomic E-state index is 11.0. The van der Waals surface area contributed by atoms with Gasteiger partial charge in [-0.3, -0.25) is 0 Å². The number of aromatic nitrogens is 3. The van der Waals surface area contributed by atoms with Gasteiger partial charge in [-0.15, -0.1) is 5.10 Å². The fourth-order valence-electron chi connectivity index (χ4n) is 1.64. The molecule has 5 heteroatoms. The van der Waals surface area contributed by atoms with Crippen LogP contribution in [0.4, 0.5) is 0 Å². The Morgan fingerprint density at radius 1 is 1.22 bits per heavy atom. The van der Waals surface area contributed by atoms with E-state index >= 15 is 0 Å². The Labute approximate surface area is 105 Å². The minimum Gasteiger partial charge on any atom is -0.475 e. The smallest absolute Gasteiger partial charge is 0.375 e. The van der Waals surface area contributed by atoms with Crippen molar-refractivity contribution >= 4 is 5.97 Å². The van der Waals surface area contributed by atoms with Crippen LogP contribution in [0, 0.1) is 0 Å². The molecule has 0 aliphatic heterocycles. The van der Waals surface area contributed by atoms with E-state index in [1.54, 1.807) is 4.68 Å². The summed E-state index contributed by atoms with van der Waals surface area (Å²) in [5.41, 5.74) is 0.527. The number of aromatic carboxylic acids is 1. The number of para-hydroxylation sites is 1. The lowest BCUT2D eigenvalue weighted by atomic mass is 9.95. The first-order valence-electron chi connectivity index (χ1n) is 5.66. The Kier molecular flexibility index (Phi) is 2.90. The number of carboxylic acid groups (broad SMARTS) is 1. The van der Waals surface area contributed by atoms with Crippen molar-refractivity contribution < 1.29 is 9.90 Å². The van der Waals surface area contributed by atoms with Gasteiger partial charge in [0.1, 0.15) is 5.82 Å². The van der Waals surface area contributed by atoms with Crippen LogP contribution in [0.25, 0.3) is 5.69 Å². The summed E-state index contributed by atoms with van der Waals surface area (Å²) in [4.78, 5) is 15.1. The number of hydrogen-bond donors (Lipinski definition) is 1. The van der Waals surface area contributed by atoms with Crippen molar-refractivity contribution in [1.82, 2.24) is 14.8 Å². The van der Waals surface area contributed by atoms with Crippen LogP contribution in [0.2, 0.25) is 0 Å². The Balaban J connectivity index is 2.62. The minimum atomic E-state index is -1.12. The molecule has 0 radical (unpaired) electrons. The Bertz CT molecular complexity index is 568. The SMILES string of the molecule is CC(C)(C)c1nc(C(=O)O)nn1-c1ccccc1. The second kappa shape index (κ2) is 4.25. The summed E-state index contributed by atoms with van der Waals surface area (Å²) in [6.07, 6.45) is 0. The van der Waals surface area contributed by atoms with E-state index in [-0.39, 0.29) is 11.2 Å². The fraction of sp³-hybridized carbons (Fsp3) is 0.308. The predicted octanol–water partition coefficient (Wildman–Crippen LogP) is 2.26. The Hall–Kier alpha value is -2.17. The van der Waals surface area contributed by atoms with Crippen LogP contribution in [-0.2, 0) is 5.41 Å². The van der Waals surface area contributed by atoms with Crippen LogP contribution in [0.15, 0.2) is 30.3 Å². The van der Waals surface area contributed by atoms with E-state index < -0.39 is 5.97 Å². The molecule has 1 heterocycles. The zero-order chi connectivity index (χ0) is 13.3. The summed E-state index contributed by atoms with van der Waals surface area (Å²) in [7, 11) is 0. The summed E-state index contributed by atoms with van der Waals surface area (Å²) < 4.78 is 1.59. The summed E-state index contributed by atoms with van der Waals surface area (Å²) >= 11 is 0. The van der Waals surface area contributed by atoms with Crippen molar-refractivity contribution in [2.24, 2.45) is 0 Å². The molecule has 5 nitrogen and oxygen atoms in total. The highest BCUT2D eigenvalue weighted by atomic mass is 16.4. The summed E-state index contributed by atoms with van der Waals surface area (Å²) in [6, 6.07) is 9.40. The minimum absolute atomic E-state index is 0.177. The summed E-state index contributed by atoms with van der Waals surface area (Å²) in [5, 5.41) is 13.0. The van der Waals surface area contributed by atoms with E-state index in [9.17, 15) is 4.79 Å². The third-order valence-corrected chi connectivity index (χ3v) is 2.47. The molecule has 0 aliphatic carbocycles. The number of carboxylic acids is 1. The number of rotatable bonds is 2. The van der Waals surface area contributed by atoms with Gasteiger partial charge in [0.05, 0.1) is 5.69 Å². The average Bonchev–Trinajstić information content (AvgIpc) is 2.74. The van der Waals surface area contributed by atoms with Gasteiger partial charge in [-0.25, -0.2) is 14.5 Å². The van der Waals surface area contributed by atoms with Crippen LogP contribution < -0.4 is 0 Å². The molecule has 0 atom stereocenters. The van der Waals surface area contributed by atoms with E-state index in [2.05, 4.69) is 10.1 Å². The molecule has 1 aromatic carbocycles. The number of nitrogens with zero attached hydrogens (tertiary/aromatic N) is 3. The van der Waals surface area contributed by atoms with Crippen molar-refractivity contribution in [1.29, 1.82) is 0 Å². The van der Waals surface area contributed by atoms with Gasteiger partial charge in [0.25, 0.3) is 5.82 Å². The normalized spacial score (nSPS) is 11.5. The van der Waals surface area contributed by atoms with Crippen molar-refractivity contribution in [3.8, 4) is 5.69 Å². The molecule has 1 N–H and O–H groups in total. The molecule has 0 saturated carbocycles. The van der Waals surface area contributed by atoms with Gasteiger partial charge in [-0.2, -0.15) is 0 Å². The lowest BCUT2D eigenvalue weighted by Crippen LogP contribution is -2.18. The molecule has 18 heavy (non-hydrogen) atoms. The van der Waals surface area contributed by atoms with Crippen molar-refractivity contribution in [3.63, 3.8) is 0 Å². The van der Waals surface area contributed by atoms with Gasteiger partial charge in [-0.05, 0) is 12.1 Å². The lowest BCUT2D eigenvalue weighted by Gasteiger charge is -2.18. The van der Waals surface area contributed by atoms with E-state index in [1.807, 2.05) is 51.1 Å². The standard InChI is InChI=1S/C13H15N3O2/c1-13(2,3)12-14-10(11(17)18)15-16(12)9-7-5-4-6-8-9/h4-8H,1-3H3,(H,17,18). The first kappa shape index (κ1) is 12.3. The summed E-state index contributed by atoms with van der Waals surface area (Å²) in [6.45, 7) is 5.92. The Morgan fingerprint density at radius 3 is 2.33 bits per heavy atom. The number of benzene rings is 1. The maximum absolute atomic E-state index is 11.0. The molecule has 2 rings (SSSR count). The van der Waals surface area contributed by atoms with Gasteiger partial charge in [0, 0.05) is 5.41 Å². The molecular formula is C13H15N3O2. The molecule has 0 amide bonds. The average molecular weight is 245 g/mol. The first-order valence-corrected chi connectivity index (χ1v) is 5.66. The van der Waals surface area contributed by atoms with Crippen LogP contribution >= 0.6 is 0 Å². The molecular weight excluding hydrogens is 230 g/mol. The quantitative estimate of drug-likeness (QED) is 0.881. The van der Waals surface area contributed by atoms with Gasteiger partial charge in [0.15, 0.2) is 0 Å². The monoisotopic (exact) mass is 245 g/mol. The molecule has 0 aliphatic rings. The van der Waals surface area contributed by atoms with Crippen LogP contribution in [0.1, 0.15) is 37.2 Å². The predicted molar refractivity (Wildman–Crippen MR) is 67.0 cm³/mol. The van der Waals surface area contributed by atoms with Crippen molar-refractivity contribution in [2.75, 3.05) is 0 Å². The van der Waals surface area contributed by atoms with Crippen LogP contribution in [-0.4, -0.2) is 25.8 Å². The second-order valence-corrected chi connectivity index (χ2v) is 5.06. The molecule has 94 valence electrons. The zero-order valence-corrected chi connectivity index (χ0v) is 10.6. The third kappa shape index (κ3) is 2.25. The summed E-state index contributed by atoms with van der Waals surface area (Å²) in [5.74, 6) is -0.662.